The highest BCUT2D eigenvalue weighted by Crippen LogP contribution is 2.24. The summed E-state index contributed by atoms with van der Waals surface area (Å²) >= 11 is 0. The molecule has 0 aliphatic rings. The summed E-state index contributed by atoms with van der Waals surface area (Å²) in [5.41, 5.74) is 0.292. The number of allylic oxidation sites excluding steroid dienone is 1. The predicted molar refractivity (Wildman–Crippen MR) is 89.4 cm³/mol. The van der Waals surface area contributed by atoms with E-state index in [1.54, 1.807) is 31.2 Å². The minimum atomic E-state index is -0.717. The Morgan fingerprint density at radius 3 is 2.25 bits per heavy atom. The summed E-state index contributed by atoms with van der Waals surface area (Å²) in [6, 6.07) is 16.3. The van der Waals surface area contributed by atoms with E-state index in [1.165, 1.54) is 6.92 Å². The zero-order valence-electron chi connectivity index (χ0n) is 13.5. The Morgan fingerprint density at radius 1 is 1.04 bits per heavy atom. The number of carbonyl (C=O) groups excluding carboxylic acids is 1. The fourth-order valence-corrected chi connectivity index (χ4v) is 1.77. The summed E-state index contributed by atoms with van der Waals surface area (Å²) in [7, 11) is 0. The molecule has 0 atom stereocenters. The van der Waals surface area contributed by atoms with Gasteiger partial charge in [-0.2, -0.15) is 5.11 Å². The maximum Gasteiger partial charge on any atom is 0.362 e. The average molecular weight is 326 g/mol. The van der Waals surface area contributed by atoms with Crippen LogP contribution in [0.2, 0.25) is 0 Å². The molecule has 0 aromatic heterocycles. The maximum absolute atomic E-state index is 11.6. The second-order valence-corrected chi connectivity index (χ2v) is 4.76. The number of azo groups is 1. The van der Waals surface area contributed by atoms with Crippen LogP contribution in [0.25, 0.3) is 0 Å². The van der Waals surface area contributed by atoms with Crippen LogP contribution in [-0.2, 0) is 9.53 Å². The molecule has 6 nitrogen and oxygen atoms in total. The van der Waals surface area contributed by atoms with Crippen molar-refractivity contribution in [3.63, 3.8) is 0 Å². The van der Waals surface area contributed by atoms with E-state index >= 15 is 0 Å². The molecule has 0 amide bonds. The Morgan fingerprint density at radius 2 is 1.67 bits per heavy atom. The van der Waals surface area contributed by atoms with Gasteiger partial charge in [0.1, 0.15) is 17.3 Å². The molecule has 0 spiro atoms. The molecule has 2 rings (SSSR count). The molecule has 124 valence electrons. The van der Waals surface area contributed by atoms with E-state index in [1.807, 2.05) is 30.3 Å². The summed E-state index contributed by atoms with van der Waals surface area (Å²) in [5, 5.41) is 17.2. The molecule has 2 aromatic carbocycles. The molecule has 6 heteroatoms. The SMILES string of the molecule is CCOC(=O)/C(N=Nc1ccc(Oc2ccccc2)cc1)=C(/C)O. The van der Waals surface area contributed by atoms with Crippen molar-refractivity contribution < 1.29 is 19.4 Å². The van der Waals surface area contributed by atoms with Gasteiger partial charge < -0.3 is 14.6 Å². The molecule has 0 saturated carbocycles. The second kappa shape index (κ2) is 8.47. The van der Waals surface area contributed by atoms with Crippen molar-refractivity contribution in [3.05, 3.63) is 66.1 Å². The number of aliphatic hydroxyl groups excluding tert-OH is 1. The first-order valence-corrected chi connectivity index (χ1v) is 7.42. The maximum atomic E-state index is 11.6. The first kappa shape index (κ1) is 17.2. The largest absolute Gasteiger partial charge is 0.510 e. The number of hydrogen-bond acceptors (Lipinski definition) is 6. The van der Waals surface area contributed by atoms with Gasteiger partial charge in [0.25, 0.3) is 0 Å². The topological polar surface area (TPSA) is 80.5 Å². The number of para-hydroxylation sites is 1. The third kappa shape index (κ3) is 4.95. The molecule has 2 aromatic rings. The van der Waals surface area contributed by atoms with Gasteiger partial charge in [-0.15, -0.1) is 5.11 Å². The quantitative estimate of drug-likeness (QED) is 0.354. The molecule has 0 unspecified atom stereocenters. The Kier molecular flexibility index (Phi) is 6.08. The fourth-order valence-electron chi connectivity index (χ4n) is 1.77. The number of esters is 1. The van der Waals surface area contributed by atoms with Crippen LogP contribution in [0, 0.1) is 0 Å². The van der Waals surface area contributed by atoms with E-state index in [0.717, 1.165) is 5.75 Å². The molecule has 0 aliphatic heterocycles. The van der Waals surface area contributed by atoms with Crippen LogP contribution in [-0.4, -0.2) is 17.7 Å². The number of carbonyl (C=O) groups is 1. The second-order valence-electron chi connectivity index (χ2n) is 4.76. The summed E-state index contributed by atoms with van der Waals surface area (Å²) < 4.78 is 10.5. The Bertz CT molecular complexity index is 733. The van der Waals surface area contributed by atoms with Crippen molar-refractivity contribution in [3.8, 4) is 11.5 Å². The van der Waals surface area contributed by atoms with Gasteiger partial charge in [-0.1, -0.05) is 18.2 Å². The van der Waals surface area contributed by atoms with Crippen LogP contribution in [0.3, 0.4) is 0 Å². The molecular formula is C18H18N2O4. The van der Waals surface area contributed by atoms with E-state index in [9.17, 15) is 9.90 Å². The highest BCUT2D eigenvalue weighted by molar-refractivity contribution is 5.88. The molecule has 24 heavy (non-hydrogen) atoms. The number of ether oxygens (including phenoxy) is 2. The smallest absolute Gasteiger partial charge is 0.362 e. The molecule has 0 saturated heterocycles. The summed E-state index contributed by atoms with van der Waals surface area (Å²) in [5.74, 6) is 0.418. The van der Waals surface area contributed by atoms with Crippen LogP contribution in [0.1, 0.15) is 13.8 Å². The third-order valence-corrected chi connectivity index (χ3v) is 2.89. The van der Waals surface area contributed by atoms with Crippen LogP contribution < -0.4 is 4.74 Å². The van der Waals surface area contributed by atoms with Crippen LogP contribution in [0.15, 0.2) is 76.3 Å². The van der Waals surface area contributed by atoms with E-state index in [4.69, 9.17) is 9.47 Å². The van der Waals surface area contributed by atoms with Crippen LogP contribution >= 0.6 is 0 Å². The minimum absolute atomic E-state index is 0.191. The van der Waals surface area contributed by atoms with Gasteiger partial charge in [-0.05, 0) is 50.2 Å². The van der Waals surface area contributed by atoms with Crippen molar-refractivity contribution in [1.82, 2.24) is 0 Å². The van der Waals surface area contributed by atoms with Gasteiger partial charge in [-0.25, -0.2) is 4.79 Å². The van der Waals surface area contributed by atoms with Crippen molar-refractivity contribution in [2.45, 2.75) is 13.8 Å². The van der Waals surface area contributed by atoms with Gasteiger partial charge in [0, 0.05) is 0 Å². The first-order valence-electron chi connectivity index (χ1n) is 7.42. The summed E-state index contributed by atoms with van der Waals surface area (Å²) in [6.45, 7) is 3.21. The molecule has 0 fully saturated rings. The zero-order chi connectivity index (χ0) is 17.4. The summed E-state index contributed by atoms with van der Waals surface area (Å²) in [6.07, 6.45) is 0. The van der Waals surface area contributed by atoms with Gasteiger partial charge in [0.2, 0.25) is 5.70 Å². The lowest BCUT2D eigenvalue weighted by Crippen LogP contribution is -2.07. The fraction of sp³-hybridized carbons (Fsp3) is 0.167. The molecule has 0 radical (unpaired) electrons. The summed E-state index contributed by atoms with van der Waals surface area (Å²) in [4.78, 5) is 11.6. The van der Waals surface area contributed by atoms with Crippen molar-refractivity contribution in [2.24, 2.45) is 10.2 Å². The van der Waals surface area contributed by atoms with Gasteiger partial charge >= 0.3 is 5.97 Å². The number of benzene rings is 2. The van der Waals surface area contributed by atoms with Crippen LogP contribution in [0.5, 0.6) is 11.5 Å². The normalized spacial score (nSPS) is 11.9. The van der Waals surface area contributed by atoms with E-state index in [-0.39, 0.29) is 18.1 Å². The number of aliphatic hydroxyl groups is 1. The van der Waals surface area contributed by atoms with Gasteiger partial charge in [0.05, 0.1) is 12.3 Å². The van der Waals surface area contributed by atoms with Crippen molar-refractivity contribution >= 4 is 11.7 Å². The monoisotopic (exact) mass is 326 g/mol. The zero-order valence-corrected chi connectivity index (χ0v) is 13.5. The van der Waals surface area contributed by atoms with Crippen molar-refractivity contribution in [1.29, 1.82) is 0 Å². The Balaban J connectivity index is 2.07. The first-order chi connectivity index (χ1) is 11.6. The third-order valence-electron chi connectivity index (χ3n) is 2.89. The lowest BCUT2D eigenvalue weighted by Gasteiger charge is -2.05. The van der Waals surface area contributed by atoms with E-state index in [0.29, 0.717) is 11.4 Å². The van der Waals surface area contributed by atoms with Gasteiger partial charge in [0.15, 0.2) is 0 Å². The van der Waals surface area contributed by atoms with E-state index < -0.39 is 5.97 Å². The molecule has 1 N–H and O–H groups in total. The van der Waals surface area contributed by atoms with E-state index in [2.05, 4.69) is 10.2 Å². The highest BCUT2D eigenvalue weighted by Gasteiger charge is 2.13. The van der Waals surface area contributed by atoms with Crippen molar-refractivity contribution in [2.75, 3.05) is 6.61 Å². The predicted octanol–water partition coefficient (Wildman–Crippen LogP) is 4.92. The molecular weight excluding hydrogens is 308 g/mol. The van der Waals surface area contributed by atoms with Crippen LogP contribution in [0.4, 0.5) is 5.69 Å². The minimum Gasteiger partial charge on any atom is -0.510 e. The Labute approximate surface area is 140 Å². The average Bonchev–Trinajstić information content (AvgIpc) is 2.57. The lowest BCUT2D eigenvalue weighted by atomic mass is 10.3. The molecule has 0 heterocycles. The number of hydrogen-bond donors (Lipinski definition) is 1. The highest BCUT2D eigenvalue weighted by atomic mass is 16.5. The lowest BCUT2D eigenvalue weighted by molar-refractivity contribution is -0.138. The molecule has 0 aliphatic carbocycles. The van der Waals surface area contributed by atoms with Gasteiger partial charge in [-0.3, -0.25) is 0 Å². The standard InChI is InChI=1S/C18H18N2O4/c1-3-23-18(22)17(13(2)21)20-19-14-9-11-16(12-10-14)24-15-7-5-4-6-8-15/h4-12,21H,3H2,1-2H3/b17-13+,20-19?. The number of nitrogens with zero attached hydrogens (tertiary/aromatic N) is 2. The Hall–Kier alpha value is -3.15. The molecule has 0 bridgehead atoms. The number of rotatable bonds is 6.